The molecule has 0 amide bonds. The summed E-state index contributed by atoms with van der Waals surface area (Å²) in [6.45, 7) is 1.67. The number of nitrogens with zero attached hydrogens (tertiary/aromatic N) is 2. The average molecular weight is 316 g/mol. The molecule has 1 fully saturated rings. The van der Waals surface area contributed by atoms with E-state index < -0.39 is 16.0 Å². The lowest BCUT2D eigenvalue weighted by Crippen LogP contribution is -2.35. The zero-order chi connectivity index (χ0) is 15.6. The fourth-order valence-corrected chi connectivity index (χ4v) is 3.80. The van der Waals surface area contributed by atoms with Crippen LogP contribution >= 0.6 is 0 Å². The van der Waals surface area contributed by atoms with Crippen molar-refractivity contribution in [2.45, 2.75) is 17.7 Å². The summed E-state index contributed by atoms with van der Waals surface area (Å²) in [6, 6.07) is 1.19. The van der Waals surface area contributed by atoms with Gasteiger partial charge in [-0.25, -0.2) is 17.5 Å². The van der Waals surface area contributed by atoms with Crippen molar-refractivity contribution < 1.29 is 23.1 Å². The first kappa shape index (κ1) is 16.0. The summed E-state index contributed by atoms with van der Waals surface area (Å²) < 4.78 is 32.9. The number of hydrogen-bond donors (Lipinski definition) is 1. The Morgan fingerprint density at radius 1 is 1.57 bits per heavy atom. The van der Waals surface area contributed by atoms with Crippen molar-refractivity contribution in [3.63, 3.8) is 0 Å². The standard InChI is InChI=1S/C13H20N2O5S/c1-14-8-11(6-12(14)13(16)17)21(18,19)15(2)7-10-4-3-5-20-9-10/h6,8,10H,3-5,7,9H2,1-2H3,(H,16,17). The highest BCUT2D eigenvalue weighted by atomic mass is 32.2. The molecule has 2 heterocycles. The van der Waals surface area contributed by atoms with Crippen LogP contribution in [-0.2, 0) is 21.8 Å². The fourth-order valence-electron chi connectivity index (χ4n) is 2.48. The van der Waals surface area contributed by atoms with Gasteiger partial charge in [0.2, 0.25) is 10.0 Å². The Labute approximate surface area is 124 Å². The second-order valence-corrected chi connectivity index (χ2v) is 7.39. The minimum Gasteiger partial charge on any atom is -0.477 e. The van der Waals surface area contributed by atoms with Gasteiger partial charge < -0.3 is 14.4 Å². The van der Waals surface area contributed by atoms with Crippen LogP contribution in [-0.4, -0.2) is 55.2 Å². The van der Waals surface area contributed by atoms with E-state index in [1.165, 1.54) is 35.2 Å². The van der Waals surface area contributed by atoms with Gasteiger partial charge in [0.25, 0.3) is 0 Å². The smallest absolute Gasteiger partial charge is 0.352 e. The summed E-state index contributed by atoms with van der Waals surface area (Å²) in [4.78, 5) is 11.0. The van der Waals surface area contributed by atoms with E-state index in [2.05, 4.69) is 0 Å². The largest absolute Gasteiger partial charge is 0.477 e. The third-order valence-corrected chi connectivity index (χ3v) is 5.47. The van der Waals surface area contributed by atoms with Gasteiger partial charge in [-0.2, -0.15) is 0 Å². The van der Waals surface area contributed by atoms with Crippen molar-refractivity contribution in [1.82, 2.24) is 8.87 Å². The first-order chi connectivity index (χ1) is 9.82. The first-order valence-electron chi connectivity index (χ1n) is 6.76. The number of rotatable bonds is 5. The Morgan fingerprint density at radius 3 is 2.81 bits per heavy atom. The summed E-state index contributed by atoms with van der Waals surface area (Å²) in [5, 5.41) is 9.00. The van der Waals surface area contributed by atoms with Crippen LogP contribution in [0.3, 0.4) is 0 Å². The quantitative estimate of drug-likeness (QED) is 0.867. The molecular weight excluding hydrogens is 296 g/mol. The minimum absolute atomic E-state index is 0.00151. The fraction of sp³-hybridized carbons (Fsp3) is 0.615. The monoisotopic (exact) mass is 316 g/mol. The zero-order valence-corrected chi connectivity index (χ0v) is 13.0. The highest BCUT2D eigenvalue weighted by molar-refractivity contribution is 7.89. The van der Waals surface area contributed by atoms with Crippen molar-refractivity contribution in [3.8, 4) is 0 Å². The van der Waals surface area contributed by atoms with Gasteiger partial charge >= 0.3 is 5.97 Å². The van der Waals surface area contributed by atoms with Crippen molar-refractivity contribution in [3.05, 3.63) is 18.0 Å². The highest BCUT2D eigenvalue weighted by Gasteiger charge is 2.27. The number of carboxylic acids is 1. The molecular formula is C13H20N2O5S. The van der Waals surface area contributed by atoms with Crippen LogP contribution in [0.5, 0.6) is 0 Å². The molecule has 1 saturated heterocycles. The zero-order valence-electron chi connectivity index (χ0n) is 12.2. The predicted octanol–water partition coefficient (Wildman–Crippen LogP) is 0.770. The summed E-state index contributed by atoms with van der Waals surface area (Å²) in [6.07, 6.45) is 3.20. The van der Waals surface area contributed by atoms with Crippen LogP contribution in [0.1, 0.15) is 23.3 Å². The van der Waals surface area contributed by atoms with E-state index in [0.717, 1.165) is 19.4 Å². The van der Waals surface area contributed by atoms with Crippen LogP contribution in [0.25, 0.3) is 0 Å². The molecule has 0 radical (unpaired) electrons. The molecule has 0 spiro atoms. The molecule has 1 aromatic heterocycles. The van der Waals surface area contributed by atoms with Gasteiger partial charge in [-0.15, -0.1) is 0 Å². The van der Waals surface area contributed by atoms with E-state index in [1.807, 2.05) is 0 Å². The Balaban J connectivity index is 2.16. The lowest BCUT2D eigenvalue weighted by atomic mass is 10.0. The van der Waals surface area contributed by atoms with Gasteiger partial charge in [-0.3, -0.25) is 0 Å². The lowest BCUT2D eigenvalue weighted by molar-refractivity contribution is 0.0495. The molecule has 118 valence electrons. The topological polar surface area (TPSA) is 88.8 Å². The van der Waals surface area contributed by atoms with Gasteiger partial charge in [0.05, 0.1) is 6.61 Å². The molecule has 1 aliphatic rings. The summed E-state index contributed by atoms with van der Waals surface area (Å²) in [7, 11) is -0.657. The van der Waals surface area contributed by atoms with Crippen molar-refractivity contribution in [1.29, 1.82) is 0 Å². The van der Waals surface area contributed by atoms with Crippen LogP contribution in [0.15, 0.2) is 17.2 Å². The lowest BCUT2D eigenvalue weighted by Gasteiger charge is -2.26. The number of hydrogen-bond acceptors (Lipinski definition) is 4. The van der Waals surface area contributed by atoms with E-state index in [-0.39, 0.29) is 16.5 Å². The normalized spacial score (nSPS) is 19.9. The van der Waals surface area contributed by atoms with Crippen LogP contribution in [0, 0.1) is 5.92 Å². The van der Waals surface area contributed by atoms with Gasteiger partial charge in [-0.05, 0) is 24.8 Å². The summed E-state index contributed by atoms with van der Waals surface area (Å²) in [5.74, 6) is -0.969. The number of sulfonamides is 1. The molecule has 1 aromatic rings. The summed E-state index contributed by atoms with van der Waals surface area (Å²) >= 11 is 0. The number of carbonyl (C=O) groups is 1. The van der Waals surface area contributed by atoms with E-state index in [1.54, 1.807) is 0 Å². The molecule has 7 nitrogen and oxygen atoms in total. The maximum absolute atomic E-state index is 12.5. The Bertz CT molecular complexity index is 617. The molecule has 8 heteroatoms. The van der Waals surface area contributed by atoms with E-state index >= 15 is 0 Å². The van der Waals surface area contributed by atoms with Crippen LogP contribution in [0.2, 0.25) is 0 Å². The van der Waals surface area contributed by atoms with Gasteiger partial charge in [-0.1, -0.05) is 0 Å². The molecule has 0 aliphatic carbocycles. The molecule has 0 bridgehead atoms. The second kappa shape index (κ2) is 6.17. The third-order valence-electron chi connectivity index (χ3n) is 3.68. The van der Waals surface area contributed by atoms with Crippen LogP contribution in [0.4, 0.5) is 0 Å². The Hall–Kier alpha value is -1.38. The first-order valence-corrected chi connectivity index (χ1v) is 8.20. The summed E-state index contributed by atoms with van der Waals surface area (Å²) in [5.41, 5.74) is -0.0528. The van der Waals surface area contributed by atoms with Crippen molar-refractivity contribution in [2.24, 2.45) is 13.0 Å². The average Bonchev–Trinajstić information content (AvgIpc) is 2.82. The predicted molar refractivity (Wildman–Crippen MR) is 75.7 cm³/mol. The highest BCUT2D eigenvalue weighted by Crippen LogP contribution is 2.21. The third kappa shape index (κ3) is 3.45. The molecule has 1 N–H and O–H groups in total. The van der Waals surface area contributed by atoms with Gasteiger partial charge in [0, 0.05) is 33.4 Å². The molecule has 2 rings (SSSR count). The molecule has 21 heavy (non-hydrogen) atoms. The number of carboxylic acid groups (broad SMARTS) is 1. The number of aryl methyl sites for hydroxylation is 1. The van der Waals surface area contributed by atoms with E-state index in [0.29, 0.717) is 13.2 Å². The second-order valence-electron chi connectivity index (χ2n) is 5.35. The minimum atomic E-state index is -3.68. The Morgan fingerprint density at radius 2 is 2.29 bits per heavy atom. The maximum atomic E-state index is 12.5. The number of ether oxygens (including phenoxy) is 1. The van der Waals surface area contributed by atoms with Gasteiger partial charge in [0.1, 0.15) is 10.6 Å². The van der Waals surface area contributed by atoms with E-state index in [9.17, 15) is 13.2 Å². The molecule has 1 unspecified atom stereocenters. The van der Waals surface area contributed by atoms with Crippen molar-refractivity contribution in [2.75, 3.05) is 26.8 Å². The van der Waals surface area contributed by atoms with Crippen LogP contribution < -0.4 is 0 Å². The number of aromatic nitrogens is 1. The molecule has 0 aromatic carbocycles. The van der Waals surface area contributed by atoms with E-state index in [4.69, 9.17) is 9.84 Å². The molecule has 1 atom stereocenters. The maximum Gasteiger partial charge on any atom is 0.352 e. The van der Waals surface area contributed by atoms with Crippen molar-refractivity contribution >= 4 is 16.0 Å². The molecule has 0 saturated carbocycles. The Kier molecular flexibility index (Phi) is 4.70. The molecule has 1 aliphatic heterocycles. The number of aromatic carboxylic acids is 1. The SMILES string of the molecule is CN(CC1CCCOC1)S(=O)(=O)c1cc(C(=O)O)n(C)c1. The van der Waals surface area contributed by atoms with Gasteiger partial charge in [0.15, 0.2) is 0 Å².